The first-order chi connectivity index (χ1) is 13.6. The van der Waals surface area contributed by atoms with Crippen molar-refractivity contribution in [2.75, 3.05) is 16.7 Å². The molecular weight excluding hydrogens is 456 g/mol. The molecule has 2 aromatic carbocycles. The Labute approximate surface area is 178 Å². The predicted molar refractivity (Wildman–Crippen MR) is 117 cm³/mol. The van der Waals surface area contributed by atoms with Gasteiger partial charge in [0.15, 0.2) is 5.82 Å². The number of sulfonamides is 1. The van der Waals surface area contributed by atoms with Gasteiger partial charge >= 0.3 is 0 Å². The van der Waals surface area contributed by atoms with Gasteiger partial charge in [-0.25, -0.2) is 8.42 Å². The van der Waals surface area contributed by atoms with Gasteiger partial charge in [0.2, 0.25) is 0 Å². The van der Waals surface area contributed by atoms with E-state index in [1.165, 1.54) is 17.9 Å². The summed E-state index contributed by atoms with van der Waals surface area (Å²) in [7, 11) is -0.852. The van der Waals surface area contributed by atoms with Crippen molar-refractivity contribution >= 4 is 43.4 Å². The molecule has 0 aliphatic carbocycles. The van der Waals surface area contributed by atoms with Gasteiger partial charge < -0.3 is 5.32 Å². The molecule has 0 atom stereocenters. The SMILES string of the molecule is Cc1ccc(S(=O)(=O)N(C)c2c(C(=O)Nc3ccc(Br)c(C)c3)cnn2C)cc1. The number of nitrogens with one attached hydrogen (secondary N) is 1. The zero-order chi connectivity index (χ0) is 21.3. The quantitative estimate of drug-likeness (QED) is 0.605. The van der Waals surface area contributed by atoms with Crippen molar-refractivity contribution in [3.05, 3.63) is 69.8 Å². The highest BCUT2D eigenvalue weighted by Gasteiger charge is 2.28. The Bertz CT molecular complexity index is 1170. The minimum absolute atomic E-state index is 0.140. The molecule has 1 aromatic heterocycles. The number of hydrogen-bond acceptors (Lipinski definition) is 4. The highest BCUT2D eigenvalue weighted by Crippen LogP contribution is 2.27. The summed E-state index contributed by atoms with van der Waals surface area (Å²) < 4.78 is 29.5. The molecule has 0 aliphatic heterocycles. The Balaban J connectivity index is 1.95. The van der Waals surface area contributed by atoms with Gasteiger partial charge in [-0.3, -0.25) is 13.8 Å². The second kappa shape index (κ2) is 8.00. The first-order valence-corrected chi connectivity index (χ1v) is 11.0. The number of amides is 1. The number of carbonyl (C=O) groups is 1. The van der Waals surface area contributed by atoms with E-state index in [-0.39, 0.29) is 16.3 Å². The normalized spacial score (nSPS) is 11.3. The number of anilines is 2. The van der Waals surface area contributed by atoms with Crippen molar-refractivity contribution < 1.29 is 13.2 Å². The van der Waals surface area contributed by atoms with Gasteiger partial charge in [0, 0.05) is 24.3 Å². The third-order valence-electron chi connectivity index (χ3n) is 4.55. The van der Waals surface area contributed by atoms with E-state index in [4.69, 9.17) is 0 Å². The summed E-state index contributed by atoms with van der Waals surface area (Å²) in [5, 5.41) is 6.89. The number of nitrogens with zero attached hydrogens (tertiary/aromatic N) is 3. The smallest absolute Gasteiger partial charge is 0.265 e. The van der Waals surface area contributed by atoms with Crippen LogP contribution in [0.5, 0.6) is 0 Å². The lowest BCUT2D eigenvalue weighted by Gasteiger charge is -2.21. The van der Waals surface area contributed by atoms with Crippen LogP contribution in [0.3, 0.4) is 0 Å². The average Bonchev–Trinajstić information content (AvgIpc) is 3.06. The summed E-state index contributed by atoms with van der Waals surface area (Å²) >= 11 is 3.42. The Morgan fingerprint density at radius 1 is 1.14 bits per heavy atom. The number of rotatable bonds is 5. The van der Waals surface area contributed by atoms with Crippen LogP contribution in [0.1, 0.15) is 21.5 Å². The number of benzene rings is 2. The maximum Gasteiger partial charge on any atom is 0.265 e. The lowest BCUT2D eigenvalue weighted by Crippen LogP contribution is -2.30. The van der Waals surface area contributed by atoms with Gasteiger partial charge in [0.1, 0.15) is 5.56 Å². The highest BCUT2D eigenvalue weighted by atomic mass is 79.9. The van der Waals surface area contributed by atoms with Gasteiger partial charge in [-0.1, -0.05) is 33.6 Å². The molecule has 7 nitrogen and oxygen atoms in total. The number of hydrogen-bond donors (Lipinski definition) is 1. The van der Waals surface area contributed by atoms with E-state index in [0.29, 0.717) is 5.69 Å². The summed E-state index contributed by atoms with van der Waals surface area (Å²) in [6.07, 6.45) is 1.36. The monoisotopic (exact) mass is 476 g/mol. The third-order valence-corrected chi connectivity index (χ3v) is 7.20. The van der Waals surface area contributed by atoms with E-state index in [9.17, 15) is 13.2 Å². The fraction of sp³-hybridized carbons (Fsp3) is 0.200. The van der Waals surface area contributed by atoms with Crippen molar-refractivity contribution in [3.63, 3.8) is 0 Å². The van der Waals surface area contributed by atoms with E-state index >= 15 is 0 Å². The van der Waals surface area contributed by atoms with Crippen LogP contribution in [0.2, 0.25) is 0 Å². The second-order valence-corrected chi connectivity index (χ2v) is 9.53. The van der Waals surface area contributed by atoms with Crippen LogP contribution >= 0.6 is 15.9 Å². The maximum absolute atomic E-state index is 13.1. The van der Waals surface area contributed by atoms with Gasteiger partial charge in [-0.2, -0.15) is 5.10 Å². The predicted octanol–water partition coefficient (Wildman–Crippen LogP) is 3.88. The molecule has 0 aliphatic rings. The summed E-state index contributed by atoms with van der Waals surface area (Å²) in [4.78, 5) is 13.0. The Morgan fingerprint density at radius 2 is 1.79 bits per heavy atom. The van der Waals surface area contributed by atoms with E-state index in [1.807, 2.05) is 26.0 Å². The molecule has 0 radical (unpaired) electrons. The topological polar surface area (TPSA) is 84.3 Å². The Kier molecular flexibility index (Phi) is 5.81. The molecule has 0 fully saturated rings. The number of aromatic nitrogens is 2. The summed E-state index contributed by atoms with van der Waals surface area (Å²) in [6.45, 7) is 3.80. The summed E-state index contributed by atoms with van der Waals surface area (Å²) in [5.74, 6) is -0.266. The van der Waals surface area contributed by atoms with Crippen molar-refractivity contribution in [1.29, 1.82) is 0 Å². The summed E-state index contributed by atoms with van der Waals surface area (Å²) in [5.41, 5.74) is 2.69. The lowest BCUT2D eigenvalue weighted by atomic mass is 10.2. The molecule has 1 N–H and O–H groups in total. The van der Waals surface area contributed by atoms with Gasteiger partial charge in [0.05, 0.1) is 11.1 Å². The molecule has 0 unspecified atom stereocenters. The molecule has 0 saturated carbocycles. The van der Waals surface area contributed by atoms with E-state index in [0.717, 1.165) is 19.9 Å². The first kappa shape index (κ1) is 21.1. The fourth-order valence-corrected chi connectivity index (χ4v) is 4.35. The van der Waals surface area contributed by atoms with Gasteiger partial charge in [-0.05, 0) is 49.7 Å². The van der Waals surface area contributed by atoms with Crippen LogP contribution in [0.15, 0.2) is 58.0 Å². The van der Waals surface area contributed by atoms with Gasteiger partial charge in [-0.15, -0.1) is 0 Å². The minimum Gasteiger partial charge on any atom is -0.322 e. The Hall–Kier alpha value is -2.65. The second-order valence-electron chi connectivity index (χ2n) is 6.71. The first-order valence-electron chi connectivity index (χ1n) is 8.76. The van der Waals surface area contributed by atoms with Crippen LogP contribution in [0.25, 0.3) is 0 Å². The van der Waals surface area contributed by atoms with E-state index < -0.39 is 15.9 Å². The van der Waals surface area contributed by atoms with E-state index in [2.05, 4.69) is 26.3 Å². The Morgan fingerprint density at radius 3 is 2.41 bits per heavy atom. The molecule has 0 spiro atoms. The third kappa shape index (κ3) is 4.20. The molecule has 9 heteroatoms. The van der Waals surface area contributed by atoms with E-state index in [1.54, 1.807) is 37.4 Å². The number of halogens is 1. The zero-order valence-electron chi connectivity index (χ0n) is 16.5. The molecule has 0 bridgehead atoms. The van der Waals surface area contributed by atoms with Crippen LogP contribution in [0, 0.1) is 13.8 Å². The molecule has 29 heavy (non-hydrogen) atoms. The molecule has 1 heterocycles. The van der Waals surface area contributed by atoms with Crippen LogP contribution in [0.4, 0.5) is 11.5 Å². The fourth-order valence-electron chi connectivity index (χ4n) is 2.87. The number of carbonyl (C=O) groups excluding carboxylic acids is 1. The van der Waals surface area contributed by atoms with Crippen LogP contribution < -0.4 is 9.62 Å². The summed E-state index contributed by atoms with van der Waals surface area (Å²) in [6, 6.07) is 12.0. The molecule has 3 rings (SSSR count). The van der Waals surface area contributed by atoms with Crippen molar-refractivity contribution in [3.8, 4) is 0 Å². The standard InChI is InChI=1S/C20H21BrN4O3S/c1-13-5-8-16(9-6-13)29(27,28)25(4)20-17(12-22-24(20)3)19(26)23-15-7-10-18(21)14(2)11-15/h5-12H,1-4H3,(H,23,26). The maximum atomic E-state index is 13.1. The molecule has 0 saturated heterocycles. The zero-order valence-corrected chi connectivity index (χ0v) is 18.9. The largest absolute Gasteiger partial charge is 0.322 e. The average molecular weight is 477 g/mol. The lowest BCUT2D eigenvalue weighted by molar-refractivity contribution is 0.102. The van der Waals surface area contributed by atoms with Crippen molar-refractivity contribution in [2.24, 2.45) is 7.05 Å². The van der Waals surface area contributed by atoms with Crippen LogP contribution in [-0.4, -0.2) is 31.2 Å². The molecular formula is C20H21BrN4O3S. The van der Waals surface area contributed by atoms with Gasteiger partial charge in [0.25, 0.3) is 15.9 Å². The number of aryl methyl sites for hydroxylation is 3. The highest BCUT2D eigenvalue weighted by molar-refractivity contribution is 9.10. The van der Waals surface area contributed by atoms with Crippen LogP contribution in [-0.2, 0) is 17.1 Å². The van der Waals surface area contributed by atoms with Crippen molar-refractivity contribution in [2.45, 2.75) is 18.7 Å². The molecule has 1 amide bonds. The molecule has 152 valence electrons. The molecule has 3 aromatic rings. The minimum atomic E-state index is -3.86. The van der Waals surface area contributed by atoms with Crippen molar-refractivity contribution in [1.82, 2.24) is 9.78 Å².